The summed E-state index contributed by atoms with van der Waals surface area (Å²) in [5.41, 5.74) is 1.39. The number of methoxy groups -OCH3 is 1. The van der Waals surface area contributed by atoms with Gasteiger partial charge in [-0.15, -0.1) is 0 Å². The van der Waals surface area contributed by atoms with Crippen LogP contribution in [-0.2, 0) is 10.2 Å². The van der Waals surface area contributed by atoms with Gasteiger partial charge in [-0.05, 0) is 68.9 Å². The maximum absolute atomic E-state index is 13.2. The maximum Gasteiger partial charge on any atom is 0.235 e. The van der Waals surface area contributed by atoms with Crippen molar-refractivity contribution in [3.05, 3.63) is 54.1 Å². The van der Waals surface area contributed by atoms with E-state index in [1.807, 2.05) is 62.6 Å². The normalized spacial score (nSPS) is 15.4. The molecule has 0 bridgehead atoms. The van der Waals surface area contributed by atoms with E-state index in [1.165, 1.54) is 0 Å². The Morgan fingerprint density at radius 2 is 1.61 bits per heavy atom. The van der Waals surface area contributed by atoms with E-state index in [1.54, 1.807) is 7.11 Å². The lowest BCUT2D eigenvalue weighted by molar-refractivity contribution is -0.121. The minimum Gasteiger partial charge on any atom is -0.497 e. The van der Waals surface area contributed by atoms with Gasteiger partial charge in [0.1, 0.15) is 18.1 Å². The van der Waals surface area contributed by atoms with Crippen molar-refractivity contribution in [2.24, 2.45) is 0 Å². The summed E-state index contributed by atoms with van der Waals surface area (Å²) >= 11 is 0. The fourth-order valence-corrected chi connectivity index (χ4v) is 3.77. The van der Waals surface area contributed by atoms with Crippen molar-refractivity contribution in [3.8, 4) is 11.5 Å². The zero-order chi connectivity index (χ0) is 20.0. The Balaban J connectivity index is 1.69. The van der Waals surface area contributed by atoms with Crippen molar-refractivity contribution >= 4 is 11.6 Å². The fourth-order valence-electron chi connectivity index (χ4n) is 3.77. The number of amides is 1. The van der Waals surface area contributed by atoms with Crippen molar-refractivity contribution in [2.45, 2.75) is 31.1 Å². The van der Waals surface area contributed by atoms with Crippen molar-refractivity contribution in [1.29, 1.82) is 0 Å². The first-order chi connectivity index (χ1) is 13.5. The number of carbonyl (C=O) groups is 1. The standard InChI is InChI=1S/C23H30N2O3/c1-25(2)16-17-28-21-12-8-19(9-13-21)24-22(26)23(14-4-5-15-23)18-6-10-20(27-3)11-7-18/h6-13H,4-5,14-17H2,1-3H3,(H,24,26). The highest BCUT2D eigenvalue weighted by atomic mass is 16.5. The van der Waals surface area contributed by atoms with Gasteiger partial charge >= 0.3 is 0 Å². The highest BCUT2D eigenvalue weighted by Gasteiger charge is 2.42. The average molecular weight is 383 g/mol. The van der Waals surface area contributed by atoms with Crippen LogP contribution in [0.3, 0.4) is 0 Å². The number of ether oxygens (including phenoxy) is 2. The van der Waals surface area contributed by atoms with Gasteiger partial charge in [0.25, 0.3) is 0 Å². The van der Waals surface area contributed by atoms with Crippen LogP contribution in [0.25, 0.3) is 0 Å². The highest BCUT2D eigenvalue weighted by molar-refractivity contribution is 5.99. The van der Waals surface area contributed by atoms with Gasteiger partial charge in [-0.1, -0.05) is 25.0 Å². The Hall–Kier alpha value is -2.53. The molecule has 0 aliphatic heterocycles. The summed E-state index contributed by atoms with van der Waals surface area (Å²) in [6.07, 6.45) is 3.88. The number of rotatable bonds is 8. The second-order valence-corrected chi connectivity index (χ2v) is 7.65. The number of nitrogens with one attached hydrogen (secondary N) is 1. The summed E-state index contributed by atoms with van der Waals surface area (Å²) in [5, 5.41) is 3.12. The molecule has 2 aromatic rings. The van der Waals surface area contributed by atoms with Gasteiger partial charge in [-0.3, -0.25) is 4.79 Å². The number of nitrogens with zero attached hydrogens (tertiary/aromatic N) is 1. The molecule has 1 amide bonds. The first kappa shape index (κ1) is 20.2. The van der Waals surface area contributed by atoms with Crippen LogP contribution < -0.4 is 14.8 Å². The molecular weight excluding hydrogens is 352 g/mol. The lowest BCUT2D eigenvalue weighted by Crippen LogP contribution is -2.37. The van der Waals surface area contributed by atoms with Crippen LogP contribution in [0, 0.1) is 0 Å². The van der Waals surface area contributed by atoms with Crippen LogP contribution in [-0.4, -0.2) is 45.2 Å². The van der Waals surface area contributed by atoms with E-state index in [-0.39, 0.29) is 5.91 Å². The van der Waals surface area contributed by atoms with Crippen molar-refractivity contribution in [1.82, 2.24) is 4.90 Å². The Morgan fingerprint density at radius 3 is 2.18 bits per heavy atom. The van der Waals surface area contributed by atoms with Crippen LogP contribution in [0.15, 0.2) is 48.5 Å². The molecule has 3 rings (SSSR count). The van der Waals surface area contributed by atoms with Gasteiger partial charge in [0.05, 0.1) is 12.5 Å². The van der Waals surface area contributed by atoms with Gasteiger partial charge in [0.2, 0.25) is 5.91 Å². The molecular formula is C23H30N2O3. The van der Waals surface area contributed by atoms with Gasteiger partial charge < -0.3 is 19.7 Å². The van der Waals surface area contributed by atoms with Crippen LogP contribution in [0.5, 0.6) is 11.5 Å². The number of likely N-dealkylation sites (N-methyl/N-ethyl adjacent to an activating group) is 1. The Labute approximate surface area is 167 Å². The summed E-state index contributed by atoms with van der Waals surface area (Å²) < 4.78 is 11.0. The lowest BCUT2D eigenvalue weighted by Gasteiger charge is -2.28. The average Bonchev–Trinajstić information content (AvgIpc) is 3.20. The van der Waals surface area contributed by atoms with E-state index >= 15 is 0 Å². The van der Waals surface area contributed by atoms with E-state index < -0.39 is 5.41 Å². The third-order valence-corrected chi connectivity index (χ3v) is 5.45. The number of benzene rings is 2. The predicted octanol–water partition coefficient (Wildman–Crippen LogP) is 4.09. The number of carbonyl (C=O) groups excluding carboxylic acids is 1. The Morgan fingerprint density at radius 1 is 1.00 bits per heavy atom. The third kappa shape index (κ3) is 4.65. The number of hydrogen-bond donors (Lipinski definition) is 1. The van der Waals surface area contributed by atoms with E-state index in [0.29, 0.717) is 6.61 Å². The molecule has 28 heavy (non-hydrogen) atoms. The lowest BCUT2D eigenvalue weighted by atomic mass is 9.78. The smallest absolute Gasteiger partial charge is 0.235 e. The zero-order valence-corrected chi connectivity index (χ0v) is 17.0. The molecule has 1 aliphatic rings. The topological polar surface area (TPSA) is 50.8 Å². The van der Waals surface area contributed by atoms with Crippen LogP contribution >= 0.6 is 0 Å². The third-order valence-electron chi connectivity index (χ3n) is 5.45. The quantitative estimate of drug-likeness (QED) is 0.747. The SMILES string of the molecule is COc1ccc(C2(C(=O)Nc3ccc(OCCN(C)C)cc3)CCCC2)cc1. The molecule has 1 N–H and O–H groups in total. The molecule has 0 radical (unpaired) electrons. The van der Waals surface area contributed by atoms with Gasteiger partial charge in [0, 0.05) is 12.2 Å². The molecule has 0 aromatic heterocycles. The molecule has 1 fully saturated rings. The van der Waals surface area contributed by atoms with E-state index in [9.17, 15) is 4.79 Å². The van der Waals surface area contributed by atoms with E-state index in [2.05, 4.69) is 10.2 Å². The fraction of sp³-hybridized carbons (Fsp3) is 0.435. The second-order valence-electron chi connectivity index (χ2n) is 7.65. The van der Waals surface area contributed by atoms with Crippen LogP contribution in [0.1, 0.15) is 31.2 Å². The number of hydrogen-bond acceptors (Lipinski definition) is 4. The first-order valence-corrected chi connectivity index (χ1v) is 9.87. The molecule has 150 valence electrons. The zero-order valence-electron chi connectivity index (χ0n) is 17.0. The minimum absolute atomic E-state index is 0.0662. The van der Waals surface area contributed by atoms with Crippen LogP contribution in [0.2, 0.25) is 0 Å². The molecule has 5 nitrogen and oxygen atoms in total. The largest absolute Gasteiger partial charge is 0.497 e. The number of anilines is 1. The molecule has 1 saturated carbocycles. The molecule has 0 spiro atoms. The molecule has 0 heterocycles. The van der Waals surface area contributed by atoms with Gasteiger partial charge in [-0.2, -0.15) is 0 Å². The van der Waals surface area contributed by atoms with Crippen molar-refractivity contribution in [2.75, 3.05) is 39.7 Å². The maximum atomic E-state index is 13.2. The predicted molar refractivity (Wildman–Crippen MR) is 112 cm³/mol. The molecule has 5 heteroatoms. The summed E-state index contributed by atoms with van der Waals surface area (Å²) in [4.78, 5) is 15.3. The van der Waals surface area contributed by atoms with Crippen molar-refractivity contribution in [3.63, 3.8) is 0 Å². The second kappa shape index (κ2) is 9.11. The molecule has 0 atom stereocenters. The summed E-state index contributed by atoms with van der Waals surface area (Å²) in [6.45, 7) is 1.50. The summed E-state index contributed by atoms with van der Waals surface area (Å²) in [6, 6.07) is 15.5. The molecule has 0 unspecified atom stereocenters. The summed E-state index contributed by atoms with van der Waals surface area (Å²) in [5.74, 6) is 1.68. The van der Waals surface area contributed by atoms with Crippen LogP contribution in [0.4, 0.5) is 5.69 Å². The van der Waals surface area contributed by atoms with E-state index in [0.717, 1.165) is 55.0 Å². The van der Waals surface area contributed by atoms with Crippen molar-refractivity contribution < 1.29 is 14.3 Å². The molecule has 0 saturated heterocycles. The minimum atomic E-state index is -0.465. The first-order valence-electron chi connectivity index (χ1n) is 9.87. The Kier molecular flexibility index (Phi) is 6.57. The molecule has 2 aromatic carbocycles. The Bertz CT molecular complexity index is 763. The van der Waals surface area contributed by atoms with Gasteiger partial charge in [-0.25, -0.2) is 0 Å². The monoisotopic (exact) mass is 382 g/mol. The van der Waals surface area contributed by atoms with E-state index in [4.69, 9.17) is 9.47 Å². The summed E-state index contributed by atoms with van der Waals surface area (Å²) in [7, 11) is 5.69. The van der Waals surface area contributed by atoms with Gasteiger partial charge in [0.15, 0.2) is 0 Å². The highest BCUT2D eigenvalue weighted by Crippen LogP contribution is 2.42. The molecule has 1 aliphatic carbocycles.